The number of carboxylic acid groups (broad SMARTS) is 1. The van der Waals surface area contributed by atoms with Gasteiger partial charge in [-0.15, -0.1) is 0 Å². The lowest BCUT2D eigenvalue weighted by Gasteiger charge is -2.02. The number of aliphatic carboxylic acids is 1. The Bertz CT molecular complexity index is 409. The van der Waals surface area contributed by atoms with Gasteiger partial charge in [0, 0.05) is 17.7 Å². The number of carbonyl (C=O) groups is 1. The zero-order chi connectivity index (χ0) is 10.7. The van der Waals surface area contributed by atoms with Gasteiger partial charge >= 0.3 is 5.97 Å². The SMILES string of the molecule is Cc1nc(CCC(=O)O)[nH]c(=O)c1C. The average molecular weight is 196 g/mol. The number of rotatable bonds is 3. The van der Waals surface area contributed by atoms with Gasteiger partial charge in [0.25, 0.3) is 5.56 Å². The lowest BCUT2D eigenvalue weighted by atomic mass is 10.2. The van der Waals surface area contributed by atoms with E-state index < -0.39 is 5.97 Å². The molecular formula is C9H12N2O3. The van der Waals surface area contributed by atoms with Crippen molar-refractivity contribution in [2.24, 2.45) is 0 Å². The molecule has 1 heterocycles. The fourth-order valence-electron chi connectivity index (χ4n) is 1.05. The highest BCUT2D eigenvalue weighted by Crippen LogP contribution is 1.99. The van der Waals surface area contributed by atoms with Gasteiger partial charge in [0.05, 0.1) is 6.42 Å². The predicted octanol–water partition coefficient (Wildman–Crippen LogP) is 0.404. The normalized spacial score (nSPS) is 10.1. The molecule has 5 nitrogen and oxygen atoms in total. The van der Waals surface area contributed by atoms with Crippen LogP contribution in [0.25, 0.3) is 0 Å². The summed E-state index contributed by atoms with van der Waals surface area (Å²) in [5.41, 5.74) is 1.02. The van der Waals surface area contributed by atoms with E-state index in [1.54, 1.807) is 13.8 Å². The Morgan fingerprint density at radius 3 is 2.64 bits per heavy atom. The van der Waals surface area contributed by atoms with Crippen molar-refractivity contribution in [2.75, 3.05) is 0 Å². The van der Waals surface area contributed by atoms with Crippen molar-refractivity contribution in [3.8, 4) is 0 Å². The molecule has 1 aromatic rings. The molecule has 5 heteroatoms. The molecule has 76 valence electrons. The molecular weight excluding hydrogens is 184 g/mol. The van der Waals surface area contributed by atoms with Crippen LogP contribution in [0, 0.1) is 13.8 Å². The first kappa shape index (κ1) is 10.4. The Labute approximate surface area is 80.8 Å². The number of aryl methyl sites for hydroxylation is 2. The standard InChI is InChI=1S/C9H12N2O3/c1-5-6(2)10-7(11-9(5)14)3-4-8(12)13/h3-4H2,1-2H3,(H,12,13)(H,10,11,14). The van der Waals surface area contributed by atoms with Crippen LogP contribution in [0.3, 0.4) is 0 Å². The summed E-state index contributed by atoms with van der Waals surface area (Å²) in [6.07, 6.45) is 0.233. The first-order valence-corrected chi connectivity index (χ1v) is 4.29. The van der Waals surface area contributed by atoms with Gasteiger partial charge < -0.3 is 10.1 Å². The summed E-state index contributed by atoms with van der Waals surface area (Å²) in [6.45, 7) is 3.41. The molecule has 0 aliphatic heterocycles. The topological polar surface area (TPSA) is 83.0 Å². The van der Waals surface area contributed by atoms with E-state index in [2.05, 4.69) is 9.97 Å². The van der Waals surface area contributed by atoms with Crippen molar-refractivity contribution in [2.45, 2.75) is 26.7 Å². The first-order chi connectivity index (χ1) is 6.50. The molecule has 2 N–H and O–H groups in total. The molecule has 0 radical (unpaired) electrons. The molecule has 1 aromatic heterocycles. The third-order valence-electron chi connectivity index (χ3n) is 2.02. The molecule has 0 aliphatic rings. The second-order valence-electron chi connectivity index (χ2n) is 3.12. The number of aromatic amines is 1. The number of carboxylic acids is 1. The number of hydrogen-bond donors (Lipinski definition) is 2. The van der Waals surface area contributed by atoms with E-state index >= 15 is 0 Å². The fourth-order valence-corrected chi connectivity index (χ4v) is 1.05. The van der Waals surface area contributed by atoms with Crippen LogP contribution in [0.2, 0.25) is 0 Å². The van der Waals surface area contributed by atoms with Crippen LogP contribution in [-0.2, 0) is 11.2 Å². The monoisotopic (exact) mass is 196 g/mol. The minimum atomic E-state index is -0.897. The smallest absolute Gasteiger partial charge is 0.303 e. The Hall–Kier alpha value is -1.65. The molecule has 0 unspecified atom stereocenters. The summed E-state index contributed by atoms with van der Waals surface area (Å²) in [5, 5.41) is 8.45. The Morgan fingerprint density at radius 2 is 2.14 bits per heavy atom. The summed E-state index contributed by atoms with van der Waals surface area (Å²) in [7, 11) is 0. The highest BCUT2D eigenvalue weighted by atomic mass is 16.4. The van der Waals surface area contributed by atoms with E-state index in [0.29, 0.717) is 17.1 Å². The van der Waals surface area contributed by atoms with Crippen molar-refractivity contribution in [1.82, 2.24) is 9.97 Å². The van der Waals surface area contributed by atoms with Crippen LogP contribution < -0.4 is 5.56 Å². The van der Waals surface area contributed by atoms with Gasteiger partial charge in [0.15, 0.2) is 0 Å². The predicted molar refractivity (Wildman–Crippen MR) is 50.3 cm³/mol. The van der Waals surface area contributed by atoms with E-state index in [1.165, 1.54) is 0 Å². The van der Waals surface area contributed by atoms with Crippen molar-refractivity contribution in [1.29, 1.82) is 0 Å². The van der Waals surface area contributed by atoms with Crippen LogP contribution in [0.5, 0.6) is 0 Å². The van der Waals surface area contributed by atoms with Gasteiger partial charge in [-0.1, -0.05) is 0 Å². The fraction of sp³-hybridized carbons (Fsp3) is 0.444. The van der Waals surface area contributed by atoms with E-state index in [1.807, 2.05) is 0 Å². The maximum Gasteiger partial charge on any atom is 0.303 e. The van der Waals surface area contributed by atoms with Gasteiger partial charge in [0.2, 0.25) is 0 Å². The minimum Gasteiger partial charge on any atom is -0.481 e. The highest BCUT2D eigenvalue weighted by Gasteiger charge is 2.05. The zero-order valence-electron chi connectivity index (χ0n) is 8.13. The maximum atomic E-state index is 11.3. The number of aromatic nitrogens is 2. The minimum absolute atomic E-state index is 0.0224. The summed E-state index contributed by atoms with van der Waals surface area (Å²) < 4.78 is 0. The molecule has 0 aliphatic carbocycles. The molecule has 0 bridgehead atoms. The van der Waals surface area contributed by atoms with E-state index in [4.69, 9.17) is 5.11 Å². The molecule has 0 spiro atoms. The quantitative estimate of drug-likeness (QED) is 0.733. The summed E-state index contributed by atoms with van der Waals surface area (Å²) in [5.74, 6) is -0.466. The second kappa shape index (κ2) is 4.04. The number of nitrogens with zero attached hydrogens (tertiary/aromatic N) is 1. The van der Waals surface area contributed by atoms with Crippen LogP contribution in [0.15, 0.2) is 4.79 Å². The molecule has 0 atom stereocenters. The first-order valence-electron chi connectivity index (χ1n) is 4.29. The van der Waals surface area contributed by atoms with Crippen LogP contribution in [-0.4, -0.2) is 21.0 Å². The molecule has 14 heavy (non-hydrogen) atoms. The molecule has 0 saturated heterocycles. The third kappa shape index (κ3) is 2.42. The van der Waals surface area contributed by atoms with Crippen molar-refractivity contribution in [3.05, 3.63) is 27.4 Å². The van der Waals surface area contributed by atoms with Gasteiger partial charge in [-0.25, -0.2) is 4.98 Å². The summed E-state index contributed by atoms with van der Waals surface area (Å²) in [4.78, 5) is 28.2. The number of hydrogen-bond acceptors (Lipinski definition) is 3. The molecule has 0 aromatic carbocycles. The van der Waals surface area contributed by atoms with E-state index in [9.17, 15) is 9.59 Å². The summed E-state index contributed by atoms with van der Waals surface area (Å²) >= 11 is 0. The average Bonchev–Trinajstić information content (AvgIpc) is 2.10. The van der Waals surface area contributed by atoms with Crippen LogP contribution in [0.4, 0.5) is 0 Å². The number of nitrogens with one attached hydrogen (secondary N) is 1. The lowest BCUT2D eigenvalue weighted by Crippen LogP contribution is -2.17. The van der Waals surface area contributed by atoms with Crippen LogP contribution >= 0.6 is 0 Å². The molecule has 0 fully saturated rings. The number of H-pyrrole nitrogens is 1. The zero-order valence-corrected chi connectivity index (χ0v) is 8.13. The van der Waals surface area contributed by atoms with Crippen molar-refractivity contribution in [3.63, 3.8) is 0 Å². The highest BCUT2D eigenvalue weighted by molar-refractivity contribution is 5.66. The molecule has 0 saturated carbocycles. The summed E-state index contributed by atoms with van der Waals surface area (Å²) in [6, 6.07) is 0. The second-order valence-corrected chi connectivity index (χ2v) is 3.12. The Morgan fingerprint density at radius 1 is 1.50 bits per heavy atom. The van der Waals surface area contributed by atoms with Crippen molar-refractivity contribution >= 4 is 5.97 Å². The van der Waals surface area contributed by atoms with Gasteiger partial charge in [0.1, 0.15) is 5.82 Å². The van der Waals surface area contributed by atoms with Gasteiger partial charge in [-0.05, 0) is 13.8 Å². The largest absolute Gasteiger partial charge is 0.481 e. The molecule has 1 rings (SSSR count). The lowest BCUT2D eigenvalue weighted by molar-refractivity contribution is -0.137. The third-order valence-corrected chi connectivity index (χ3v) is 2.02. The van der Waals surface area contributed by atoms with Crippen molar-refractivity contribution < 1.29 is 9.90 Å². The van der Waals surface area contributed by atoms with Gasteiger partial charge in [-0.3, -0.25) is 9.59 Å². The van der Waals surface area contributed by atoms with E-state index in [-0.39, 0.29) is 18.4 Å². The van der Waals surface area contributed by atoms with Gasteiger partial charge in [-0.2, -0.15) is 0 Å². The Kier molecular flexibility index (Phi) is 3.01. The van der Waals surface area contributed by atoms with Crippen LogP contribution in [0.1, 0.15) is 23.5 Å². The van der Waals surface area contributed by atoms with E-state index in [0.717, 1.165) is 0 Å². The Balaban J connectivity index is 2.90. The maximum absolute atomic E-state index is 11.3. The molecule has 0 amide bonds.